The number of nitrogens with one attached hydrogen (secondary N) is 10. The smallest absolute Gasteiger partial charge is 0.326 e. The molecule has 0 fully saturated rings. The molecule has 0 aromatic carbocycles. The van der Waals surface area contributed by atoms with Gasteiger partial charge < -0.3 is 109 Å². The minimum absolute atomic E-state index is 0.0370. The van der Waals surface area contributed by atoms with Gasteiger partial charge in [-0.25, -0.2) is 4.79 Å². The Morgan fingerprint density at radius 1 is 0.370 bits per heavy atom. The number of carbonyl (C=O) groups is 13. The maximum atomic E-state index is 14.3. The molecule has 0 aromatic heterocycles. The number of hydrogen-bond donors (Lipinski definition) is 20. The fourth-order valence-corrected chi connectivity index (χ4v) is 8.80. The summed E-state index contributed by atoms with van der Waals surface area (Å²) in [7, 11) is 0. The van der Waals surface area contributed by atoms with Gasteiger partial charge in [-0.2, -0.15) is 0 Å². The molecule has 0 aliphatic rings. The van der Waals surface area contributed by atoms with Crippen molar-refractivity contribution in [2.24, 2.45) is 84.5 Å². The van der Waals surface area contributed by atoms with Crippen molar-refractivity contribution in [1.29, 1.82) is 0 Å². The summed E-state index contributed by atoms with van der Waals surface area (Å²) in [6.45, 7) is 14.6. The molecule has 522 valence electrons. The monoisotopic (exact) mass is 1310 g/mol. The predicted octanol–water partition coefficient (Wildman–Crippen LogP) is -6.02. The standard InChI is InChI=1S/C56H103N21O15/c1-27(2)21-36(49(87)77-40(53(91)92)24-30(7)8)70-42(79)26-68-44(82)31(9)69-46(84)35(16-17-43(80)81)73-50(88)37(22-28(3)4)74-51(89)38(23-29(5)6)75-52(90)39(25-41(58)78)76-48(86)34(15-12-20-67-56(63)64)72-47(85)33(14-11-19-66-55(61)62)71-45(83)32(57)13-10-18-65-54(59)60/h27-40H,10-26,57H2,1-9H3,(H2,58,78)(H,68,82)(H,69,84)(H,70,79)(H,71,83)(H,72,85)(H,73,88)(H,74,89)(H,75,90)(H,76,86)(H,77,87)(H,80,81)(H,91,92)(H4,59,60,65)(H4,61,62,66)(H4,63,64,67)/t31-,32-,33-,34-,35-,36-,37-,38-,39-,40-/m0/s1. The number of carboxylic acids is 2. The normalized spacial score (nSPS) is 14.3. The van der Waals surface area contributed by atoms with Crippen LogP contribution in [-0.2, 0) is 62.3 Å². The van der Waals surface area contributed by atoms with Crippen LogP contribution < -0.4 is 99.0 Å². The van der Waals surface area contributed by atoms with Crippen molar-refractivity contribution in [2.75, 3.05) is 26.2 Å². The molecule has 0 bridgehead atoms. The highest BCUT2D eigenvalue weighted by Crippen LogP contribution is 2.14. The first-order chi connectivity index (χ1) is 42.8. The number of aliphatic imine (C=N–C) groups is 3. The number of primary amides is 1. The molecule has 11 amide bonds. The van der Waals surface area contributed by atoms with Crippen LogP contribution in [0, 0.1) is 23.7 Å². The van der Waals surface area contributed by atoms with E-state index in [1.807, 2.05) is 0 Å². The molecule has 92 heavy (non-hydrogen) atoms. The van der Waals surface area contributed by atoms with Crippen molar-refractivity contribution in [3.63, 3.8) is 0 Å². The lowest BCUT2D eigenvalue weighted by Crippen LogP contribution is -2.60. The van der Waals surface area contributed by atoms with Crippen molar-refractivity contribution in [1.82, 2.24) is 53.2 Å². The van der Waals surface area contributed by atoms with Crippen LogP contribution in [-0.4, -0.2) is 192 Å². The van der Waals surface area contributed by atoms with Crippen molar-refractivity contribution >= 4 is 94.8 Å². The molecular weight excluding hydrogens is 1210 g/mol. The summed E-state index contributed by atoms with van der Waals surface area (Å²) in [5, 5.41) is 43.9. The molecule has 0 unspecified atom stereocenters. The van der Waals surface area contributed by atoms with Crippen LogP contribution in [0.3, 0.4) is 0 Å². The first-order valence-corrected chi connectivity index (χ1v) is 30.5. The van der Waals surface area contributed by atoms with E-state index in [-0.39, 0.29) is 119 Å². The second-order valence-corrected chi connectivity index (χ2v) is 23.9. The molecule has 36 nitrogen and oxygen atoms in total. The van der Waals surface area contributed by atoms with Gasteiger partial charge in [-0.05, 0) is 101 Å². The topological polar surface area (TPSA) is 628 Å². The number of rotatable bonds is 46. The molecule has 10 atom stereocenters. The van der Waals surface area contributed by atoms with Gasteiger partial charge in [0, 0.05) is 26.1 Å². The average molecular weight is 1310 g/mol. The molecule has 0 heterocycles. The van der Waals surface area contributed by atoms with Gasteiger partial charge in [0.05, 0.1) is 19.0 Å². The summed E-state index contributed by atoms with van der Waals surface area (Å²) < 4.78 is 0. The molecule has 36 heteroatoms. The Labute approximate surface area is 535 Å². The summed E-state index contributed by atoms with van der Waals surface area (Å²) in [5.74, 6) is -14.5. The van der Waals surface area contributed by atoms with E-state index in [9.17, 15) is 72.5 Å². The van der Waals surface area contributed by atoms with Crippen LogP contribution in [0.5, 0.6) is 0 Å². The molecule has 0 aromatic rings. The minimum atomic E-state index is -1.80. The zero-order valence-electron chi connectivity index (χ0n) is 54.3. The number of nitrogens with two attached hydrogens (primary N) is 8. The van der Waals surface area contributed by atoms with Gasteiger partial charge in [0.2, 0.25) is 65.0 Å². The van der Waals surface area contributed by atoms with E-state index in [1.54, 1.807) is 55.4 Å². The average Bonchev–Trinajstić information content (AvgIpc) is 1.07. The minimum Gasteiger partial charge on any atom is -0.481 e. The Morgan fingerprint density at radius 3 is 1.07 bits per heavy atom. The van der Waals surface area contributed by atoms with E-state index >= 15 is 0 Å². The van der Waals surface area contributed by atoms with E-state index in [0.717, 1.165) is 0 Å². The van der Waals surface area contributed by atoms with E-state index in [0.29, 0.717) is 6.42 Å². The third kappa shape index (κ3) is 37.1. The summed E-state index contributed by atoms with van der Waals surface area (Å²) in [6, 6.07) is -14.2. The molecule has 0 saturated heterocycles. The number of guanidine groups is 3. The van der Waals surface area contributed by atoms with Crippen molar-refractivity contribution in [3.8, 4) is 0 Å². The number of hydrogen-bond acceptors (Lipinski definition) is 17. The number of aliphatic carboxylic acids is 2. The maximum Gasteiger partial charge on any atom is 0.326 e. The number of carboxylic acid groups (broad SMARTS) is 2. The lowest BCUT2D eigenvalue weighted by atomic mass is 9.99. The molecule has 0 saturated carbocycles. The van der Waals surface area contributed by atoms with Crippen LogP contribution in [0.2, 0.25) is 0 Å². The van der Waals surface area contributed by atoms with Gasteiger partial charge in [0.1, 0.15) is 54.4 Å². The molecule has 0 radical (unpaired) electrons. The fraction of sp³-hybridized carbons (Fsp3) is 0.714. The predicted molar refractivity (Wildman–Crippen MR) is 340 cm³/mol. The molecule has 0 aliphatic heterocycles. The van der Waals surface area contributed by atoms with Gasteiger partial charge in [0.25, 0.3) is 0 Å². The highest BCUT2D eigenvalue weighted by atomic mass is 16.4. The first-order valence-electron chi connectivity index (χ1n) is 30.5. The van der Waals surface area contributed by atoms with Crippen molar-refractivity contribution in [3.05, 3.63) is 0 Å². The number of amides is 11. The zero-order valence-corrected chi connectivity index (χ0v) is 54.3. The van der Waals surface area contributed by atoms with E-state index in [2.05, 4.69) is 68.1 Å². The summed E-state index contributed by atoms with van der Waals surface area (Å²) in [5.41, 5.74) is 44.3. The Balaban J connectivity index is 6.74. The fourth-order valence-electron chi connectivity index (χ4n) is 8.80. The summed E-state index contributed by atoms with van der Waals surface area (Å²) in [6.07, 6.45) is -1.60. The summed E-state index contributed by atoms with van der Waals surface area (Å²) >= 11 is 0. The zero-order chi connectivity index (χ0) is 70.5. The molecule has 0 spiro atoms. The van der Waals surface area contributed by atoms with E-state index in [1.165, 1.54) is 6.92 Å². The lowest BCUT2D eigenvalue weighted by Gasteiger charge is -2.28. The highest BCUT2D eigenvalue weighted by Gasteiger charge is 2.36. The molecular formula is C56H103N21O15. The second-order valence-electron chi connectivity index (χ2n) is 23.9. The van der Waals surface area contributed by atoms with Crippen LogP contribution in [0.1, 0.15) is 146 Å². The third-order valence-corrected chi connectivity index (χ3v) is 13.3. The van der Waals surface area contributed by atoms with Gasteiger partial charge in [-0.3, -0.25) is 72.5 Å². The Hall–Kier alpha value is -9.12. The van der Waals surface area contributed by atoms with Crippen LogP contribution in [0.25, 0.3) is 0 Å². The van der Waals surface area contributed by atoms with Crippen molar-refractivity contribution in [2.45, 2.75) is 206 Å². The Morgan fingerprint density at radius 2 is 0.685 bits per heavy atom. The van der Waals surface area contributed by atoms with Crippen molar-refractivity contribution < 1.29 is 72.5 Å². The third-order valence-electron chi connectivity index (χ3n) is 13.3. The maximum absolute atomic E-state index is 14.3. The van der Waals surface area contributed by atoms with Gasteiger partial charge in [-0.15, -0.1) is 0 Å². The lowest BCUT2D eigenvalue weighted by molar-refractivity contribution is -0.143. The van der Waals surface area contributed by atoms with E-state index < -0.39 is 163 Å². The van der Waals surface area contributed by atoms with Crippen LogP contribution in [0.4, 0.5) is 0 Å². The van der Waals surface area contributed by atoms with Crippen LogP contribution >= 0.6 is 0 Å². The highest BCUT2D eigenvalue weighted by molar-refractivity contribution is 5.99. The number of carbonyl (C=O) groups excluding carboxylic acids is 11. The van der Waals surface area contributed by atoms with Gasteiger partial charge >= 0.3 is 11.9 Å². The van der Waals surface area contributed by atoms with E-state index in [4.69, 9.17) is 45.9 Å². The number of nitrogens with zero attached hydrogens (tertiary/aromatic N) is 3. The Kier molecular flexibility index (Phi) is 39.2. The molecule has 28 N–H and O–H groups in total. The quantitative estimate of drug-likeness (QED) is 0.0153. The largest absolute Gasteiger partial charge is 0.481 e. The first kappa shape index (κ1) is 82.9. The Bertz CT molecular complexity index is 2570. The SMILES string of the molecule is CC(C)C[C@H](NC(=O)[C@H](CC(C)C)NC(=O)CNC(=O)[C@H](C)NC(=O)[C@H](CCC(=O)O)NC(=O)[C@H](CC(C)C)NC(=O)[C@H](CC(C)C)NC(=O)[C@H](CC(N)=O)NC(=O)[C@H](CCCN=C(N)N)NC(=O)[C@H](CCCN=C(N)N)NC(=O)[C@@H](N)CCCN=C(N)N)C(=O)O. The second kappa shape index (κ2) is 43.6. The van der Waals surface area contributed by atoms with Crippen LogP contribution in [0.15, 0.2) is 15.0 Å². The van der Waals surface area contributed by atoms with Gasteiger partial charge in [0.15, 0.2) is 17.9 Å². The van der Waals surface area contributed by atoms with Gasteiger partial charge in [-0.1, -0.05) is 55.4 Å². The molecule has 0 rings (SSSR count). The summed E-state index contributed by atoms with van der Waals surface area (Å²) in [4.78, 5) is 185. The molecule has 0 aliphatic carbocycles.